The summed E-state index contributed by atoms with van der Waals surface area (Å²) >= 11 is -0.274. The van der Waals surface area contributed by atoms with E-state index >= 15 is 0 Å². The predicted octanol–water partition coefficient (Wildman–Crippen LogP) is 1.49. The Hall–Kier alpha value is -0.430. The Kier molecular flexibility index (Phi) is 4.27. The van der Waals surface area contributed by atoms with Gasteiger partial charge in [-0.05, 0) is 18.7 Å². The van der Waals surface area contributed by atoms with Gasteiger partial charge in [0.05, 0.1) is 18.5 Å². The molecular formula is C8H12F3NO2S. The Morgan fingerprint density at radius 1 is 1.40 bits per heavy atom. The van der Waals surface area contributed by atoms with Gasteiger partial charge in [-0.2, -0.15) is 13.2 Å². The molecule has 0 saturated carbocycles. The van der Waals surface area contributed by atoms with E-state index in [-0.39, 0.29) is 11.8 Å². The summed E-state index contributed by atoms with van der Waals surface area (Å²) in [5.41, 5.74) is -4.36. The minimum absolute atomic E-state index is 0.274. The highest BCUT2D eigenvalue weighted by atomic mass is 32.2. The summed E-state index contributed by atoms with van der Waals surface area (Å²) in [6.45, 7) is 2.82. The van der Waals surface area contributed by atoms with Crippen LogP contribution in [0.15, 0.2) is 0 Å². The molecule has 0 aromatic carbocycles. The fourth-order valence-corrected chi connectivity index (χ4v) is 1.94. The molecule has 0 aromatic heterocycles. The third-order valence-electron chi connectivity index (χ3n) is 1.98. The van der Waals surface area contributed by atoms with E-state index in [0.717, 1.165) is 0 Å². The lowest BCUT2D eigenvalue weighted by molar-refractivity contribution is -0.134. The van der Waals surface area contributed by atoms with Crippen LogP contribution in [0, 0.1) is 0 Å². The minimum atomic E-state index is -4.36. The quantitative estimate of drug-likeness (QED) is 0.736. The summed E-state index contributed by atoms with van der Waals surface area (Å²) in [5, 5.41) is -1.08. The van der Waals surface area contributed by atoms with Crippen LogP contribution in [-0.4, -0.2) is 47.9 Å². The number of rotatable bonds is 2. The molecule has 0 aromatic rings. The Morgan fingerprint density at radius 2 is 1.93 bits per heavy atom. The maximum Gasteiger partial charge on any atom is 0.442 e. The number of nitrogens with zero attached hydrogens (tertiary/aromatic N) is 1. The van der Waals surface area contributed by atoms with E-state index in [2.05, 4.69) is 0 Å². The van der Waals surface area contributed by atoms with Gasteiger partial charge in [-0.15, -0.1) is 0 Å². The topological polar surface area (TPSA) is 29.5 Å². The summed E-state index contributed by atoms with van der Waals surface area (Å²) in [7, 11) is 0. The molecule has 1 aliphatic heterocycles. The van der Waals surface area contributed by atoms with Gasteiger partial charge in [0.1, 0.15) is 0 Å². The third-order valence-corrected chi connectivity index (χ3v) is 2.80. The van der Waals surface area contributed by atoms with E-state index < -0.39 is 16.7 Å². The molecule has 88 valence electrons. The second kappa shape index (κ2) is 5.07. The number of thioether (sulfide) groups is 1. The molecule has 1 aliphatic rings. The van der Waals surface area contributed by atoms with Crippen molar-refractivity contribution < 1.29 is 22.7 Å². The van der Waals surface area contributed by atoms with Crippen LogP contribution in [0.3, 0.4) is 0 Å². The summed E-state index contributed by atoms with van der Waals surface area (Å²) in [4.78, 5) is 12.9. The van der Waals surface area contributed by atoms with E-state index in [1.165, 1.54) is 11.8 Å². The summed E-state index contributed by atoms with van der Waals surface area (Å²) < 4.78 is 41.0. The van der Waals surface area contributed by atoms with Crippen LogP contribution in [0.1, 0.15) is 6.92 Å². The van der Waals surface area contributed by atoms with Gasteiger partial charge >= 0.3 is 5.51 Å². The van der Waals surface area contributed by atoms with Gasteiger partial charge in [0, 0.05) is 13.1 Å². The average Bonchev–Trinajstić information content (AvgIpc) is 2.15. The number of carbonyl (C=O) groups is 1. The largest absolute Gasteiger partial charge is 0.442 e. The number of ether oxygens (including phenoxy) is 1. The zero-order chi connectivity index (χ0) is 11.5. The van der Waals surface area contributed by atoms with Gasteiger partial charge in [0.2, 0.25) is 5.91 Å². The van der Waals surface area contributed by atoms with E-state index in [1.54, 1.807) is 0 Å². The lowest BCUT2D eigenvalue weighted by atomic mass is 10.3. The van der Waals surface area contributed by atoms with Crippen LogP contribution in [-0.2, 0) is 9.53 Å². The molecule has 0 N–H and O–H groups in total. The molecule has 0 unspecified atom stereocenters. The van der Waals surface area contributed by atoms with Gasteiger partial charge in [-0.25, -0.2) is 0 Å². The highest BCUT2D eigenvalue weighted by Crippen LogP contribution is 2.34. The molecule has 0 bridgehead atoms. The normalized spacial score (nSPS) is 20.1. The van der Waals surface area contributed by atoms with Gasteiger partial charge in [0.15, 0.2) is 0 Å². The third kappa shape index (κ3) is 4.29. The number of hydrogen-bond acceptors (Lipinski definition) is 3. The van der Waals surface area contributed by atoms with Crippen LogP contribution >= 0.6 is 11.8 Å². The smallest absolute Gasteiger partial charge is 0.378 e. The minimum Gasteiger partial charge on any atom is -0.378 e. The average molecular weight is 243 g/mol. The Labute approximate surface area is 89.9 Å². The van der Waals surface area contributed by atoms with Crippen LogP contribution in [0.4, 0.5) is 13.2 Å². The van der Waals surface area contributed by atoms with Gasteiger partial charge < -0.3 is 9.64 Å². The maximum absolute atomic E-state index is 12.0. The first-order valence-corrected chi connectivity index (χ1v) is 5.39. The summed E-state index contributed by atoms with van der Waals surface area (Å²) in [5.74, 6) is -0.472. The second-order valence-corrected chi connectivity index (χ2v) is 4.55. The molecule has 1 fully saturated rings. The van der Waals surface area contributed by atoms with Gasteiger partial charge in [0.25, 0.3) is 0 Å². The van der Waals surface area contributed by atoms with E-state index in [9.17, 15) is 18.0 Å². The molecular weight excluding hydrogens is 231 g/mol. The van der Waals surface area contributed by atoms with Crippen molar-refractivity contribution in [3.8, 4) is 0 Å². The first-order valence-electron chi connectivity index (χ1n) is 4.51. The number of alkyl halides is 3. The number of carbonyl (C=O) groups excluding carboxylic acids is 1. The van der Waals surface area contributed by atoms with Crippen molar-refractivity contribution in [1.29, 1.82) is 0 Å². The van der Waals surface area contributed by atoms with Crippen molar-refractivity contribution in [3.63, 3.8) is 0 Å². The number of morpholine rings is 1. The fourth-order valence-electron chi connectivity index (χ4n) is 1.29. The number of amides is 1. The Morgan fingerprint density at radius 3 is 2.40 bits per heavy atom. The molecule has 1 saturated heterocycles. The Bertz CT molecular complexity index is 228. The van der Waals surface area contributed by atoms with Crippen molar-refractivity contribution in [2.75, 3.05) is 26.3 Å². The standard InChI is InChI=1S/C8H12F3NO2S/c1-6(15-8(9,10)11)7(13)12-2-4-14-5-3-12/h6H,2-5H2,1H3/t6-/m1/s1. The molecule has 0 radical (unpaired) electrons. The van der Waals surface area contributed by atoms with Gasteiger partial charge in [-0.3, -0.25) is 4.79 Å². The zero-order valence-electron chi connectivity index (χ0n) is 8.21. The summed E-state index contributed by atoms with van der Waals surface area (Å²) in [6.07, 6.45) is 0. The maximum atomic E-state index is 12.0. The lowest BCUT2D eigenvalue weighted by Crippen LogP contribution is -2.44. The molecule has 15 heavy (non-hydrogen) atoms. The van der Waals surface area contributed by atoms with Crippen molar-refractivity contribution in [1.82, 2.24) is 4.90 Å². The van der Waals surface area contributed by atoms with Crippen LogP contribution in [0.2, 0.25) is 0 Å². The van der Waals surface area contributed by atoms with Crippen molar-refractivity contribution in [3.05, 3.63) is 0 Å². The Balaban J connectivity index is 2.44. The summed E-state index contributed by atoms with van der Waals surface area (Å²) in [6, 6.07) is 0. The van der Waals surface area contributed by atoms with E-state index in [4.69, 9.17) is 4.74 Å². The molecule has 3 nitrogen and oxygen atoms in total. The van der Waals surface area contributed by atoms with Crippen molar-refractivity contribution >= 4 is 17.7 Å². The highest BCUT2D eigenvalue weighted by molar-refractivity contribution is 8.01. The molecule has 1 rings (SSSR count). The molecule has 1 atom stereocenters. The van der Waals surface area contributed by atoms with E-state index in [0.29, 0.717) is 26.3 Å². The first-order chi connectivity index (χ1) is 6.90. The highest BCUT2D eigenvalue weighted by Gasteiger charge is 2.35. The second-order valence-electron chi connectivity index (χ2n) is 3.14. The first kappa shape index (κ1) is 12.6. The fraction of sp³-hybridized carbons (Fsp3) is 0.875. The molecule has 0 aliphatic carbocycles. The van der Waals surface area contributed by atoms with Gasteiger partial charge in [-0.1, -0.05) is 0 Å². The van der Waals surface area contributed by atoms with E-state index in [1.807, 2.05) is 0 Å². The molecule has 7 heteroatoms. The SMILES string of the molecule is C[C@@H](SC(F)(F)F)C(=O)N1CCOCC1. The van der Waals surface area contributed by atoms with Crippen molar-refractivity contribution in [2.24, 2.45) is 0 Å². The van der Waals surface area contributed by atoms with Crippen LogP contribution in [0.25, 0.3) is 0 Å². The predicted molar refractivity (Wildman–Crippen MR) is 50.5 cm³/mol. The lowest BCUT2D eigenvalue weighted by Gasteiger charge is -2.29. The molecule has 1 amide bonds. The number of halogens is 3. The zero-order valence-corrected chi connectivity index (χ0v) is 9.03. The van der Waals surface area contributed by atoms with Crippen LogP contribution in [0.5, 0.6) is 0 Å². The monoisotopic (exact) mass is 243 g/mol. The number of hydrogen-bond donors (Lipinski definition) is 0. The molecule has 1 heterocycles. The van der Waals surface area contributed by atoms with Crippen LogP contribution < -0.4 is 0 Å². The van der Waals surface area contributed by atoms with Crippen molar-refractivity contribution in [2.45, 2.75) is 17.7 Å². The molecule has 0 spiro atoms.